The topological polar surface area (TPSA) is 96.1 Å². The molecule has 0 saturated carbocycles. The van der Waals surface area contributed by atoms with Crippen LogP contribution in [-0.2, 0) is 14.2 Å². The number of carbonyl (C=O) groups excluding carboxylic acids is 1. The zero-order valence-corrected chi connectivity index (χ0v) is 15.8. The van der Waals surface area contributed by atoms with Gasteiger partial charge in [0, 0.05) is 25.5 Å². The highest BCUT2D eigenvalue weighted by Gasteiger charge is 2.27. The van der Waals surface area contributed by atoms with Crippen molar-refractivity contribution in [2.75, 3.05) is 33.2 Å². The Kier molecular flexibility index (Phi) is 6.20. The quantitative estimate of drug-likeness (QED) is 0.435. The lowest BCUT2D eigenvalue weighted by Gasteiger charge is -2.27. The minimum absolute atomic E-state index is 0.0815. The Morgan fingerprint density at radius 3 is 2.85 bits per heavy atom. The van der Waals surface area contributed by atoms with Gasteiger partial charge in [0.05, 0.1) is 22.5 Å². The van der Waals surface area contributed by atoms with E-state index in [0.717, 1.165) is 0 Å². The molecule has 1 N–H and O–H groups in total. The lowest BCUT2D eigenvalue weighted by atomic mass is 10.1. The van der Waals surface area contributed by atoms with E-state index in [4.69, 9.17) is 35.3 Å². The smallest absolute Gasteiger partial charge is 0.345 e. The minimum atomic E-state index is -0.797. The Morgan fingerprint density at radius 2 is 2.11 bits per heavy atom. The fraction of sp³-hybridized carbons (Fsp3) is 0.444. The number of H-pyrrole nitrogens is 1. The average Bonchev–Trinajstić information content (AvgIpc) is 2.66. The first-order valence-corrected chi connectivity index (χ1v) is 8.94. The van der Waals surface area contributed by atoms with Crippen LogP contribution in [0.3, 0.4) is 0 Å². The zero-order valence-electron chi connectivity index (χ0n) is 15.0. The molecule has 1 aliphatic rings. The van der Waals surface area contributed by atoms with Crippen molar-refractivity contribution in [1.29, 1.82) is 0 Å². The van der Waals surface area contributed by atoms with E-state index in [9.17, 15) is 9.59 Å². The largest absolute Gasteiger partial charge is 0.484 e. The fourth-order valence-corrected chi connectivity index (χ4v) is 2.98. The fourth-order valence-electron chi connectivity index (χ4n) is 2.65. The summed E-state index contributed by atoms with van der Waals surface area (Å²) in [5.41, 5.74) is -0.307. The summed E-state index contributed by atoms with van der Waals surface area (Å²) in [6.45, 7) is 5.01. The van der Waals surface area contributed by atoms with Gasteiger partial charge in [0.1, 0.15) is 12.2 Å². The number of halogens is 1. The maximum atomic E-state index is 12.8. The summed E-state index contributed by atoms with van der Waals surface area (Å²) in [6.07, 6.45) is 1.01. The predicted octanol–water partition coefficient (Wildman–Crippen LogP) is 2.51. The predicted molar refractivity (Wildman–Crippen MR) is 97.9 cm³/mol. The molecule has 1 aromatic carbocycles. The Balaban J connectivity index is 1.94. The van der Waals surface area contributed by atoms with Gasteiger partial charge in [-0.1, -0.05) is 11.6 Å². The Bertz CT molecular complexity index is 895. The second-order valence-electron chi connectivity index (χ2n) is 5.72. The Hall–Kier alpha value is -2.29. The number of pyridine rings is 1. The standard InChI is InChI=1S/C18H20ClNO7/c1-3-23-7-10-8-25-17-13(27-10)5-12-14(15(17)19)16(21)11(6-20-12)18(22)26-9-24-4-2/h5-6,10H,3-4,7-9H2,1-2H3,(H,20,21). The highest BCUT2D eigenvalue weighted by molar-refractivity contribution is 6.37. The monoisotopic (exact) mass is 397 g/mol. The third-order valence-electron chi connectivity index (χ3n) is 3.94. The number of rotatable bonds is 7. The van der Waals surface area contributed by atoms with Crippen molar-refractivity contribution < 1.29 is 28.5 Å². The SMILES string of the molecule is CCOCOC(=O)c1c[nH]c2cc3c(c(Cl)c2c1=O)OCC(COCC)O3. The molecule has 1 aliphatic heterocycles. The van der Waals surface area contributed by atoms with E-state index in [2.05, 4.69) is 4.98 Å². The van der Waals surface area contributed by atoms with Gasteiger partial charge in [-0.05, 0) is 13.8 Å². The van der Waals surface area contributed by atoms with Crippen molar-refractivity contribution in [3.05, 3.63) is 33.1 Å². The van der Waals surface area contributed by atoms with Crippen molar-refractivity contribution in [1.82, 2.24) is 4.98 Å². The van der Waals surface area contributed by atoms with Crippen LogP contribution in [0, 0.1) is 0 Å². The number of aromatic amines is 1. The van der Waals surface area contributed by atoms with E-state index in [1.807, 2.05) is 6.92 Å². The zero-order chi connectivity index (χ0) is 19.4. The first-order valence-electron chi connectivity index (χ1n) is 8.56. The summed E-state index contributed by atoms with van der Waals surface area (Å²) < 4.78 is 26.7. The molecule has 146 valence electrons. The normalized spacial score (nSPS) is 15.7. The van der Waals surface area contributed by atoms with Crippen LogP contribution in [0.25, 0.3) is 10.9 Å². The number of carbonyl (C=O) groups is 1. The summed E-state index contributed by atoms with van der Waals surface area (Å²) in [5, 5.41) is 0.214. The molecule has 0 bridgehead atoms. The van der Waals surface area contributed by atoms with Crippen LogP contribution in [0.15, 0.2) is 17.1 Å². The second kappa shape index (κ2) is 8.60. The lowest BCUT2D eigenvalue weighted by molar-refractivity contribution is -0.0275. The van der Waals surface area contributed by atoms with E-state index in [0.29, 0.717) is 31.1 Å². The molecule has 0 fully saturated rings. The van der Waals surface area contributed by atoms with Gasteiger partial charge in [0.15, 0.2) is 24.4 Å². The first-order chi connectivity index (χ1) is 13.1. The van der Waals surface area contributed by atoms with Gasteiger partial charge >= 0.3 is 5.97 Å². The molecule has 8 nitrogen and oxygen atoms in total. The summed E-state index contributed by atoms with van der Waals surface area (Å²) in [6, 6.07) is 1.62. The van der Waals surface area contributed by atoms with Crippen molar-refractivity contribution in [3.63, 3.8) is 0 Å². The molecule has 1 aromatic heterocycles. The first kappa shape index (κ1) is 19.5. The van der Waals surface area contributed by atoms with Crippen LogP contribution in [0.4, 0.5) is 0 Å². The summed E-state index contributed by atoms with van der Waals surface area (Å²) in [7, 11) is 0. The highest BCUT2D eigenvalue weighted by atomic mass is 35.5. The number of hydrogen-bond acceptors (Lipinski definition) is 7. The molecule has 27 heavy (non-hydrogen) atoms. The van der Waals surface area contributed by atoms with Crippen LogP contribution >= 0.6 is 11.6 Å². The third-order valence-corrected chi connectivity index (χ3v) is 4.30. The van der Waals surface area contributed by atoms with E-state index < -0.39 is 11.4 Å². The molecule has 2 aromatic rings. The molecule has 0 amide bonds. The molecular weight excluding hydrogens is 378 g/mol. The van der Waals surface area contributed by atoms with Gasteiger partial charge in [0.25, 0.3) is 0 Å². The van der Waals surface area contributed by atoms with Gasteiger partial charge < -0.3 is 28.7 Å². The Labute approximate surface area is 160 Å². The molecule has 3 rings (SSSR count). The van der Waals surface area contributed by atoms with Crippen LogP contribution < -0.4 is 14.9 Å². The average molecular weight is 398 g/mol. The highest BCUT2D eigenvalue weighted by Crippen LogP contribution is 2.42. The van der Waals surface area contributed by atoms with E-state index in [-0.39, 0.29) is 41.2 Å². The molecule has 0 aliphatic carbocycles. The summed E-state index contributed by atoms with van der Waals surface area (Å²) >= 11 is 6.39. The molecule has 0 saturated heterocycles. The lowest BCUT2D eigenvalue weighted by Crippen LogP contribution is -2.33. The van der Waals surface area contributed by atoms with E-state index >= 15 is 0 Å². The number of ether oxygens (including phenoxy) is 5. The Morgan fingerprint density at radius 1 is 1.33 bits per heavy atom. The van der Waals surface area contributed by atoms with Gasteiger partial charge in [-0.25, -0.2) is 4.79 Å². The maximum absolute atomic E-state index is 12.8. The third kappa shape index (κ3) is 4.02. The van der Waals surface area contributed by atoms with Crippen LogP contribution in [-0.4, -0.2) is 50.3 Å². The van der Waals surface area contributed by atoms with Crippen molar-refractivity contribution in [3.8, 4) is 11.5 Å². The van der Waals surface area contributed by atoms with Crippen molar-refractivity contribution >= 4 is 28.5 Å². The number of nitrogens with one attached hydrogen (secondary N) is 1. The van der Waals surface area contributed by atoms with E-state index in [1.54, 1.807) is 13.0 Å². The minimum Gasteiger partial charge on any atom is -0.484 e. The van der Waals surface area contributed by atoms with Gasteiger partial charge in [0.2, 0.25) is 5.43 Å². The number of esters is 1. The van der Waals surface area contributed by atoms with Crippen molar-refractivity contribution in [2.45, 2.75) is 20.0 Å². The van der Waals surface area contributed by atoms with Crippen molar-refractivity contribution in [2.24, 2.45) is 0 Å². The van der Waals surface area contributed by atoms with Gasteiger partial charge in [-0.3, -0.25) is 4.79 Å². The molecule has 1 atom stereocenters. The molecular formula is C18H20ClNO7. The van der Waals surface area contributed by atoms with Gasteiger partial charge in [-0.15, -0.1) is 0 Å². The van der Waals surface area contributed by atoms with Crippen LogP contribution in [0.5, 0.6) is 11.5 Å². The maximum Gasteiger partial charge on any atom is 0.345 e. The van der Waals surface area contributed by atoms with Crippen LogP contribution in [0.1, 0.15) is 24.2 Å². The molecule has 1 unspecified atom stereocenters. The molecule has 2 heterocycles. The molecule has 0 radical (unpaired) electrons. The summed E-state index contributed by atoms with van der Waals surface area (Å²) in [5.74, 6) is -0.123. The number of aromatic nitrogens is 1. The molecule has 0 spiro atoms. The number of fused-ring (bicyclic) bond motifs is 2. The molecule has 9 heteroatoms. The second-order valence-corrected chi connectivity index (χ2v) is 6.10. The number of benzene rings is 1. The van der Waals surface area contributed by atoms with E-state index in [1.165, 1.54) is 6.20 Å². The number of hydrogen-bond donors (Lipinski definition) is 1. The van der Waals surface area contributed by atoms with Gasteiger partial charge in [-0.2, -0.15) is 0 Å². The van der Waals surface area contributed by atoms with Crippen LogP contribution in [0.2, 0.25) is 5.02 Å². The summed E-state index contributed by atoms with van der Waals surface area (Å²) in [4.78, 5) is 27.7.